The fourth-order valence-electron chi connectivity index (χ4n) is 3.27. The van der Waals surface area contributed by atoms with E-state index in [0.717, 1.165) is 12.8 Å². The van der Waals surface area contributed by atoms with E-state index < -0.39 is 0 Å². The van der Waals surface area contributed by atoms with Crippen molar-refractivity contribution in [2.45, 2.75) is 39.5 Å². The first-order valence-corrected chi connectivity index (χ1v) is 9.09. The Morgan fingerprint density at radius 3 is 1.21 bits per heavy atom. The van der Waals surface area contributed by atoms with Crippen LogP contribution >= 0.6 is 0 Å². The Bertz CT molecular complexity index is 695. The molecule has 3 rings (SSSR count). The van der Waals surface area contributed by atoms with Crippen molar-refractivity contribution in [1.29, 1.82) is 0 Å². The van der Waals surface area contributed by atoms with Crippen molar-refractivity contribution in [1.82, 2.24) is 0 Å². The highest BCUT2D eigenvalue weighted by molar-refractivity contribution is 5.83. The molecule has 3 aromatic carbocycles. The molecule has 0 atom stereocenters. The van der Waals surface area contributed by atoms with Crippen LogP contribution < -0.4 is 0 Å². The predicted octanol–water partition coefficient (Wildman–Crippen LogP) is 6.93. The van der Waals surface area contributed by atoms with Crippen molar-refractivity contribution < 1.29 is 0 Å². The molecule has 0 saturated heterocycles. The van der Waals surface area contributed by atoms with Crippen LogP contribution in [-0.4, -0.2) is 0 Å². The molecule has 0 radical (unpaired) electrons. The number of aryl methyl sites for hydroxylation is 2. The van der Waals surface area contributed by atoms with E-state index in [4.69, 9.17) is 0 Å². The molecule has 0 saturated carbocycles. The standard InChI is InChI=1S/C24H26/c1-3-7-19-11-15-21(16-12-19)23-9-5-6-10-24(23)22-17-13-20(8-4-2)14-18-22/h5-6,9-18H,3-4,7-8H2,1-2H3. The van der Waals surface area contributed by atoms with Gasteiger partial charge in [0.2, 0.25) is 0 Å². The molecule has 24 heavy (non-hydrogen) atoms. The summed E-state index contributed by atoms with van der Waals surface area (Å²) in [6, 6.07) is 26.8. The van der Waals surface area contributed by atoms with Gasteiger partial charge in [-0.25, -0.2) is 0 Å². The maximum Gasteiger partial charge on any atom is -0.0105 e. The molecule has 0 aliphatic heterocycles. The van der Waals surface area contributed by atoms with Gasteiger partial charge in [-0.3, -0.25) is 0 Å². The van der Waals surface area contributed by atoms with E-state index in [-0.39, 0.29) is 0 Å². The van der Waals surface area contributed by atoms with Crippen LogP contribution in [0.25, 0.3) is 22.3 Å². The first kappa shape index (κ1) is 16.5. The molecule has 0 aliphatic rings. The Morgan fingerprint density at radius 1 is 0.500 bits per heavy atom. The molecule has 0 spiro atoms. The summed E-state index contributed by atoms with van der Waals surface area (Å²) in [5.74, 6) is 0. The average molecular weight is 314 g/mol. The van der Waals surface area contributed by atoms with E-state index >= 15 is 0 Å². The SMILES string of the molecule is CCCc1ccc(-c2ccccc2-c2ccc(CCC)cc2)cc1. The third-order valence-electron chi connectivity index (χ3n) is 4.53. The lowest BCUT2D eigenvalue weighted by Gasteiger charge is -2.11. The molecule has 3 aromatic rings. The second-order valence-electron chi connectivity index (χ2n) is 6.44. The monoisotopic (exact) mass is 314 g/mol. The van der Waals surface area contributed by atoms with E-state index in [0.29, 0.717) is 0 Å². The minimum atomic E-state index is 1.15. The highest BCUT2D eigenvalue weighted by Crippen LogP contribution is 2.32. The van der Waals surface area contributed by atoms with Gasteiger partial charge in [-0.05, 0) is 46.2 Å². The quantitative estimate of drug-likeness (QED) is 0.463. The minimum Gasteiger partial charge on any atom is -0.0651 e. The van der Waals surface area contributed by atoms with Gasteiger partial charge in [0.25, 0.3) is 0 Å². The highest BCUT2D eigenvalue weighted by Gasteiger charge is 2.07. The number of benzene rings is 3. The normalized spacial score (nSPS) is 10.8. The summed E-state index contributed by atoms with van der Waals surface area (Å²) in [6.07, 6.45) is 4.70. The fraction of sp³-hybridized carbons (Fsp3) is 0.250. The van der Waals surface area contributed by atoms with Gasteiger partial charge in [0, 0.05) is 0 Å². The fourth-order valence-corrected chi connectivity index (χ4v) is 3.27. The molecule has 0 unspecified atom stereocenters. The Labute approximate surface area is 146 Å². The molecular formula is C24H26. The van der Waals surface area contributed by atoms with Gasteiger partial charge < -0.3 is 0 Å². The first-order chi connectivity index (χ1) is 11.8. The molecule has 122 valence electrons. The smallest absolute Gasteiger partial charge is 0.0105 e. The van der Waals surface area contributed by atoms with Crippen molar-refractivity contribution in [2.24, 2.45) is 0 Å². The molecule has 0 heteroatoms. The lowest BCUT2D eigenvalue weighted by atomic mass is 9.93. The Hall–Kier alpha value is -2.34. The molecule has 0 amide bonds. The summed E-state index contributed by atoms with van der Waals surface area (Å²) in [5.41, 5.74) is 8.05. The van der Waals surface area contributed by atoms with Gasteiger partial charge in [-0.2, -0.15) is 0 Å². The number of hydrogen-bond donors (Lipinski definition) is 0. The van der Waals surface area contributed by atoms with Crippen LogP contribution in [0.1, 0.15) is 37.8 Å². The largest absolute Gasteiger partial charge is 0.0651 e. The van der Waals surface area contributed by atoms with Crippen molar-refractivity contribution in [2.75, 3.05) is 0 Å². The van der Waals surface area contributed by atoms with Crippen molar-refractivity contribution in [3.8, 4) is 22.3 Å². The van der Waals surface area contributed by atoms with E-state index in [2.05, 4.69) is 86.6 Å². The Morgan fingerprint density at radius 2 is 0.875 bits per heavy atom. The first-order valence-electron chi connectivity index (χ1n) is 9.09. The molecule has 0 nitrogen and oxygen atoms in total. The van der Waals surface area contributed by atoms with E-state index in [1.807, 2.05) is 0 Å². The molecule has 0 N–H and O–H groups in total. The minimum absolute atomic E-state index is 1.15. The van der Waals surface area contributed by atoms with Gasteiger partial charge >= 0.3 is 0 Å². The van der Waals surface area contributed by atoms with Crippen LogP contribution in [0.5, 0.6) is 0 Å². The second kappa shape index (κ2) is 7.97. The van der Waals surface area contributed by atoms with Gasteiger partial charge in [0.1, 0.15) is 0 Å². The maximum absolute atomic E-state index is 2.26. The summed E-state index contributed by atoms with van der Waals surface area (Å²) in [7, 11) is 0. The lowest BCUT2D eigenvalue weighted by molar-refractivity contribution is 0.922. The second-order valence-corrected chi connectivity index (χ2v) is 6.44. The van der Waals surface area contributed by atoms with E-state index in [1.54, 1.807) is 0 Å². The number of hydrogen-bond acceptors (Lipinski definition) is 0. The molecule has 0 aromatic heterocycles. The summed E-state index contributed by atoms with van der Waals surface area (Å²) >= 11 is 0. The molecule has 0 fully saturated rings. The summed E-state index contributed by atoms with van der Waals surface area (Å²) < 4.78 is 0. The van der Waals surface area contributed by atoms with Crippen molar-refractivity contribution in [3.63, 3.8) is 0 Å². The van der Waals surface area contributed by atoms with E-state index in [1.165, 1.54) is 46.2 Å². The average Bonchev–Trinajstić information content (AvgIpc) is 2.64. The molecule has 0 aliphatic carbocycles. The third-order valence-corrected chi connectivity index (χ3v) is 4.53. The van der Waals surface area contributed by atoms with Gasteiger partial charge in [0.05, 0.1) is 0 Å². The van der Waals surface area contributed by atoms with Gasteiger partial charge in [-0.15, -0.1) is 0 Å². The Kier molecular flexibility index (Phi) is 5.48. The van der Waals surface area contributed by atoms with E-state index in [9.17, 15) is 0 Å². The predicted molar refractivity (Wildman–Crippen MR) is 105 cm³/mol. The summed E-state index contributed by atoms with van der Waals surface area (Å²) in [6.45, 7) is 4.46. The maximum atomic E-state index is 2.26. The number of rotatable bonds is 6. The van der Waals surface area contributed by atoms with Crippen LogP contribution in [-0.2, 0) is 12.8 Å². The van der Waals surface area contributed by atoms with Crippen LogP contribution in [0.2, 0.25) is 0 Å². The highest BCUT2D eigenvalue weighted by atomic mass is 14.1. The molecular weight excluding hydrogens is 288 g/mol. The topological polar surface area (TPSA) is 0 Å². The van der Waals surface area contributed by atoms with Crippen LogP contribution in [0.3, 0.4) is 0 Å². The van der Waals surface area contributed by atoms with Crippen LogP contribution in [0.4, 0.5) is 0 Å². The zero-order valence-corrected chi connectivity index (χ0v) is 14.8. The molecule has 0 bridgehead atoms. The van der Waals surface area contributed by atoms with Crippen LogP contribution in [0, 0.1) is 0 Å². The summed E-state index contributed by atoms with van der Waals surface area (Å²) in [4.78, 5) is 0. The third kappa shape index (κ3) is 3.76. The zero-order valence-electron chi connectivity index (χ0n) is 14.8. The van der Waals surface area contributed by atoms with Crippen LogP contribution in [0.15, 0.2) is 72.8 Å². The van der Waals surface area contributed by atoms with Crippen molar-refractivity contribution in [3.05, 3.63) is 83.9 Å². The summed E-state index contributed by atoms with van der Waals surface area (Å²) in [5, 5.41) is 0. The van der Waals surface area contributed by atoms with Crippen molar-refractivity contribution >= 4 is 0 Å². The lowest BCUT2D eigenvalue weighted by Crippen LogP contribution is -1.88. The van der Waals surface area contributed by atoms with Gasteiger partial charge in [0.15, 0.2) is 0 Å². The van der Waals surface area contributed by atoms with Gasteiger partial charge in [-0.1, -0.05) is 99.5 Å². The zero-order chi connectivity index (χ0) is 16.8. The Balaban J connectivity index is 1.95. The molecule has 0 heterocycles.